The van der Waals surface area contributed by atoms with Crippen LogP contribution >= 0.6 is 11.6 Å². The van der Waals surface area contributed by atoms with Gasteiger partial charge in [0.15, 0.2) is 0 Å². The Morgan fingerprint density at radius 2 is 1.91 bits per heavy atom. The van der Waals surface area contributed by atoms with E-state index in [0.29, 0.717) is 11.8 Å². The van der Waals surface area contributed by atoms with Crippen LogP contribution in [-0.2, 0) is 4.79 Å². The molecule has 5 nitrogen and oxygen atoms in total. The van der Waals surface area contributed by atoms with Crippen LogP contribution in [0, 0.1) is 19.3 Å². The van der Waals surface area contributed by atoms with Gasteiger partial charge in [-0.2, -0.15) is 0 Å². The van der Waals surface area contributed by atoms with Gasteiger partial charge in [0.05, 0.1) is 18.9 Å². The zero-order valence-corrected chi connectivity index (χ0v) is 20.4. The molecule has 1 aliphatic rings. The second kappa shape index (κ2) is 11.0. The molecule has 2 aromatic rings. The summed E-state index contributed by atoms with van der Waals surface area (Å²) in [4.78, 5) is 17.0. The Morgan fingerprint density at radius 1 is 1.16 bits per heavy atom. The number of halogens is 1. The molecule has 1 aliphatic carbocycles. The molecule has 32 heavy (non-hydrogen) atoms. The van der Waals surface area contributed by atoms with Gasteiger partial charge in [0.1, 0.15) is 16.7 Å². The van der Waals surface area contributed by atoms with Crippen molar-refractivity contribution < 1.29 is 14.3 Å². The molecule has 1 aromatic heterocycles. The minimum absolute atomic E-state index is 0.121. The SMILES string of the molecule is Cc1ccc(C)c(OCCCC(C)(C)C(=O)N[C@H]2CC[C@H](Oc3ccc(Cl)nc3)CC2)c1. The van der Waals surface area contributed by atoms with Gasteiger partial charge in [-0.05, 0) is 81.7 Å². The van der Waals surface area contributed by atoms with Crippen molar-refractivity contribution in [1.29, 1.82) is 0 Å². The normalized spacial score (nSPS) is 18.8. The molecule has 3 rings (SSSR count). The Labute approximate surface area is 196 Å². The Balaban J connectivity index is 1.37. The highest BCUT2D eigenvalue weighted by atomic mass is 35.5. The number of carbonyl (C=O) groups excluding carboxylic acids is 1. The molecule has 1 fully saturated rings. The van der Waals surface area contributed by atoms with Crippen molar-refractivity contribution in [3.05, 3.63) is 52.8 Å². The summed E-state index contributed by atoms with van der Waals surface area (Å²) in [5, 5.41) is 3.72. The number of ether oxygens (including phenoxy) is 2. The van der Waals surface area contributed by atoms with Crippen molar-refractivity contribution in [2.24, 2.45) is 5.41 Å². The van der Waals surface area contributed by atoms with E-state index < -0.39 is 5.41 Å². The Hall–Kier alpha value is -2.27. The number of nitrogens with zero attached hydrogens (tertiary/aromatic N) is 1. The lowest BCUT2D eigenvalue weighted by Gasteiger charge is -2.32. The minimum atomic E-state index is -0.423. The molecule has 6 heteroatoms. The van der Waals surface area contributed by atoms with Gasteiger partial charge in [-0.15, -0.1) is 0 Å². The van der Waals surface area contributed by atoms with Crippen LogP contribution in [0.15, 0.2) is 36.5 Å². The van der Waals surface area contributed by atoms with Gasteiger partial charge in [-0.3, -0.25) is 4.79 Å². The first-order valence-electron chi connectivity index (χ1n) is 11.5. The molecule has 0 unspecified atom stereocenters. The number of aryl methyl sites for hydroxylation is 2. The van der Waals surface area contributed by atoms with Gasteiger partial charge in [0.2, 0.25) is 5.91 Å². The number of hydrogen-bond donors (Lipinski definition) is 1. The summed E-state index contributed by atoms with van der Waals surface area (Å²) in [6, 6.07) is 10.0. The van der Waals surface area contributed by atoms with Crippen molar-refractivity contribution in [3.8, 4) is 11.5 Å². The fraction of sp³-hybridized carbons (Fsp3) is 0.538. The smallest absolute Gasteiger partial charge is 0.225 e. The van der Waals surface area contributed by atoms with E-state index in [2.05, 4.69) is 42.3 Å². The van der Waals surface area contributed by atoms with Crippen LogP contribution in [0.5, 0.6) is 11.5 Å². The van der Waals surface area contributed by atoms with Crippen LogP contribution in [-0.4, -0.2) is 29.6 Å². The third kappa shape index (κ3) is 7.13. The number of amides is 1. The molecule has 1 heterocycles. The number of benzene rings is 1. The van der Waals surface area contributed by atoms with Crippen molar-refractivity contribution in [2.45, 2.75) is 78.4 Å². The molecule has 0 bridgehead atoms. The zero-order valence-electron chi connectivity index (χ0n) is 19.6. The van der Waals surface area contributed by atoms with Gasteiger partial charge in [0.25, 0.3) is 0 Å². The lowest BCUT2D eigenvalue weighted by Crippen LogP contribution is -2.45. The summed E-state index contributed by atoms with van der Waals surface area (Å²) in [6.45, 7) is 8.76. The van der Waals surface area contributed by atoms with Crippen LogP contribution in [0.2, 0.25) is 5.15 Å². The Morgan fingerprint density at radius 3 is 2.59 bits per heavy atom. The maximum absolute atomic E-state index is 12.9. The number of nitrogens with one attached hydrogen (secondary N) is 1. The minimum Gasteiger partial charge on any atom is -0.493 e. The standard InChI is InChI=1S/C26H35ClN2O3/c1-18-6-7-19(2)23(16-18)31-15-5-14-26(3,4)25(30)29-20-8-10-21(11-9-20)32-22-12-13-24(27)28-17-22/h6-7,12-13,16-17,20-21H,5,8-11,14-15H2,1-4H3,(H,29,30)/t20-,21-. The first-order valence-corrected chi connectivity index (χ1v) is 11.9. The molecule has 1 saturated carbocycles. The van der Waals surface area contributed by atoms with E-state index in [9.17, 15) is 4.79 Å². The maximum Gasteiger partial charge on any atom is 0.225 e. The molecule has 0 atom stereocenters. The second-order valence-corrected chi connectivity index (χ2v) is 9.87. The van der Waals surface area contributed by atoms with E-state index in [4.69, 9.17) is 21.1 Å². The van der Waals surface area contributed by atoms with E-state index in [1.54, 1.807) is 12.3 Å². The maximum atomic E-state index is 12.9. The molecule has 0 radical (unpaired) electrons. The predicted molar refractivity (Wildman–Crippen MR) is 128 cm³/mol. The Bertz CT molecular complexity index is 890. The van der Waals surface area contributed by atoms with Gasteiger partial charge < -0.3 is 14.8 Å². The largest absolute Gasteiger partial charge is 0.493 e. The van der Waals surface area contributed by atoms with E-state index >= 15 is 0 Å². The summed E-state index contributed by atoms with van der Waals surface area (Å²) in [5.74, 6) is 1.79. The molecular weight excluding hydrogens is 424 g/mol. The van der Waals surface area contributed by atoms with Crippen LogP contribution < -0.4 is 14.8 Å². The molecule has 0 aliphatic heterocycles. The zero-order chi connectivity index (χ0) is 23.1. The second-order valence-electron chi connectivity index (χ2n) is 9.49. The highest BCUT2D eigenvalue weighted by molar-refractivity contribution is 6.29. The number of aromatic nitrogens is 1. The molecule has 1 amide bonds. The summed E-state index contributed by atoms with van der Waals surface area (Å²) < 4.78 is 12.0. The summed E-state index contributed by atoms with van der Waals surface area (Å²) in [7, 11) is 0. The van der Waals surface area contributed by atoms with Crippen LogP contribution in [0.4, 0.5) is 0 Å². The van der Waals surface area contributed by atoms with Crippen LogP contribution in [0.25, 0.3) is 0 Å². The van der Waals surface area contributed by atoms with Gasteiger partial charge >= 0.3 is 0 Å². The fourth-order valence-electron chi connectivity index (χ4n) is 4.00. The highest BCUT2D eigenvalue weighted by Gasteiger charge is 2.31. The number of pyridine rings is 1. The quantitative estimate of drug-likeness (QED) is 0.367. The fourth-order valence-corrected chi connectivity index (χ4v) is 4.11. The lowest BCUT2D eigenvalue weighted by atomic mass is 9.85. The lowest BCUT2D eigenvalue weighted by molar-refractivity contribution is -0.130. The van der Waals surface area contributed by atoms with E-state index in [0.717, 1.165) is 55.6 Å². The third-order valence-corrected chi connectivity index (χ3v) is 6.40. The van der Waals surface area contributed by atoms with E-state index in [1.165, 1.54) is 5.56 Å². The van der Waals surface area contributed by atoms with Crippen LogP contribution in [0.1, 0.15) is 63.5 Å². The number of carbonyl (C=O) groups is 1. The molecular formula is C26H35ClN2O3. The topological polar surface area (TPSA) is 60.5 Å². The monoisotopic (exact) mass is 458 g/mol. The van der Waals surface area contributed by atoms with E-state index in [1.807, 2.05) is 19.9 Å². The van der Waals surface area contributed by atoms with Crippen molar-refractivity contribution in [1.82, 2.24) is 10.3 Å². The van der Waals surface area contributed by atoms with Crippen molar-refractivity contribution in [3.63, 3.8) is 0 Å². The average molecular weight is 459 g/mol. The molecule has 0 saturated heterocycles. The molecule has 1 N–H and O–H groups in total. The first-order chi connectivity index (χ1) is 15.2. The van der Waals surface area contributed by atoms with Gasteiger partial charge in [-0.25, -0.2) is 4.98 Å². The van der Waals surface area contributed by atoms with Crippen molar-refractivity contribution in [2.75, 3.05) is 6.61 Å². The summed E-state index contributed by atoms with van der Waals surface area (Å²) in [6.07, 6.45) is 7.10. The molecule has 0 spiro atoms. The number of hydrogen-bond acceptors (Lipinski definition) is 4. The predicted octanol–water partition coefficient (Wildman–Crippen LogP) is 6.04. The Kier molecular flexibility index (Phi) is 8.41. The number of rotatable bonds is 9. The molecule has 1 aromatic carbocycles. The molecule has 174 valence electrons. The van der Waals surface area contributed by atoms with Crippen molar-refractivity contribution >= 4 is 17.5 Å². The van der Waals surface area contributed by atoms with Crippen LogP contribution in [0.3, 0.4) is 0 Å². The summed E-state index contributed by atoms with van der Waals surface area (Å²) >= 11 is 5.82. The highest BCUT2D eigenvalue weighted by Crippen LogP contribution is 2.27. The van der Waals surface area contributed by atoms with Gasteiger partial charge in [0, 0.05) is 11.5 Å². The van der Waals surface area contributed by atoms with Gasteiger partial charge in [-0.1, -0.05) is 37.6 Å². The first kappa shape index (κ1) is 24.4. The third-order valence-electron chi connectivity index (χ3n) is 6.17. The van der Waals surface area contributed by atoms with E-state index in [-0.39, 0.29) is 18.1 Å². The average Bonchev–Trinajstić information content (AvgIpc) is 2.76. The summed E-state index contributed by atoms with van der Waals surface area (Å²) in [5.41, 5.74) is 1.91.